The molecule has 2 fully saturated rings. The largest absolute Gasteiger partial charge is 0.358 e. The van der Waals surface area contributed by atoms with E-state index < -0.39 is 0 Å². The summed E-state index contributed by atoms with van der Waals surface area (Å²) in [5, 5.41) is 0. The number of allylic oxidation sites excluding steroid dienone is 15. The molecule has 0 radical (unpaired) electrons. The second kappa shape index (κ2) is 11.1. The van der Waals surface area contributed by atoms with Crippen molar-refractivity contribution in [3.05, 3.63) is 94.7 Å². The van der Waals surface area contributed by atoms with Crippen LogP contribution in [0.4, 0.5) is 0 Å². The van der Waals surface area contributed by atoms with Crippen molar-refractivity contribution in [1.82, 2.24) is 0 Å². The topological polar surface area (TPSA) is 12.5 Å². The van der Waals surface area contributed by atoms with Crippen molar-refractivity contribution in [2.24, 2.45) is 10.8 Å². The third-order valence-corrected chi connectivity index (χ3v) is 8.78. The Kier molecular flexibility index (Phi) is 8.77. The monoisotopic (exact) mass is 486 g/mol. The van der Waals surface area contributed by atoms with Crippen molar-refractivity contribution in [3.8, 4) is 0 Å². The summed E-state index contributed by atoms with van der Waals surface area (Å²) in [6.07, 6.45) is 31.7. The van der Waals surface area contributed by atoms with E-state index in [2.05, 4.69) is 129 Å². The third-order valence-electron chi connectivity index (χ3n) is 8.78. The molecular formula is C35H50O. The van der Waals surface area contributed by atoms with Gasteiger partial charge in [-0.1, -0.05) is 111 Å². The van der Waals surface area contributed by atoms with Gasteiger partial charge in [-0.05, 0) is 90.2 Å². The molecular weight excluding hydrogens is 436 g/mol. The molecule has 1 heteroatoms. The molecule has 1 aliphatic heterocycles. The van der Waals surface area contributed by atoms with Gasteiger partial charge in [-0.25, -0.2) is 0 Å². The van der Waals surface area contributed by atoms with Gasteiger partial charge in [0.15, 0.2) is 0 Å². The molecule has 0 aromatic rings. The number of hydrogen-bond acceptors (Lipinski definition) is 1. The third kappa shape index (κ3) is 6.41. The van der Waals surface area contributed by atoms with Crippen LogP contribution in [-0.4, -0.2) is 11.2 Å². The Labute approximate surface area is 222 Å². The van der Waals surface area contributed by atoms with E-state index in [1.54, 1.807) is 5.57 Å². The molecule has 2 atom stereocenters. The standard InChI is InChI=1S/C35H50O/c1-27(17-12-18-28(2)20-21-31-30(4)19-13-23-32(31,5)6)15-10-11-16-29(3)22-26-35-33(7,8)24-14-25-34(35,9)36-35/h10-12,15-18,20-22,26H,13-14,19,23-25H2,1-9H3/b11-10+,17-12+,21-20+,26-22+,27-15+,28-18+,29-16+/t34-,35+/m1/s1. The van der Waals surface area contributed by atoms with Gasteiger partial charge < -0.3 is 4.74 Å². The fourth-order valence-electron chi connectivity index (χ4n) is 6.32. The summed E-state index contributed by atoms with van der Waals surface area (Å²) in [5.74, 6) is 0. The molecule has 0 aromatic carbocycles. The lowest BCUT2D eigenvalue weighted by Gasteiger charge is -2.36. The lowest BCUT2D eigenvalue weighted by molar-refractivity contribution is 0.166. The van der Waals surface area contributed by atoms with Crippen molar-refractivity contribution in [2.45, 2.75) is 112 Å². The van der Waals surface area contributed by atoms with E-state index >= 15 is 0 Å². The van der Waals surface area contributed by atoms with Crippen LogP contribution in [0.15, 0.2) is 94.7 Å². The number of ether oxygens (including phenoxy) is 1. The van der Waals surface area contributed by atoms with Crippen LogP contribution in [-0.2, 0) is 4.74 Å². The highest BCUT2D eigenvalue weighted by atomic mass is 16.6. The fraction of sp³-hybridized carbons (Fsp3) is 0.543. The number of hydrogen-bond donors (Lipinski definition) is 0. The predicted octanol–water partition coefficient (Wildman–Crippen LogP) is 10.3. The van der Waals surface area contributed by atoms with Crippen molar-refractivity contribution >= 4 is 0 Å². The quantitative estimate of drug-likeness (QED) is 0.245. The van der Waals surface area contributed by atoms with Gasteiger partial charge in [-0.15, -0.1) is 0 Å². The second-order valence-corrected chi connectivity index (χ2v) is 12.9. The van der Waals surface area contributed by atoms with Crippen molar-refractivity contribution in [2.75, 3.05) is 0 Å². The SMILES string of the molecule is CC1=C(/C=C/C(C)=C/C=C/C(C)=C/C=C/C=C(C)/C=C/[C@@]23O[C@]2(C)CCCC3(C)C)C(C)(C)CCC1. The minimum absolute atomic E-state index is 0.0266. The molecule has 1 saturated carbocycles. The van der Waals surface area contributed by atoms with Crippen LogP contribution in [0.25, 0.3) is 0 Å². The highest BCUT2D eigenvalue weighted by Gasteiger charge is 2.73. The molecule has 0 aromatic heterocycles. The lowest BCUT2D eigenvalue weighted by Crippen LogP contribution is -2.41. The molecule has 0 spiro atoms. The predicted molar refractivity (Wildman–Crippen MR) is 158 cm³/mol. The lowest BCUT2D eigenvalue weighted by atomic mass is 9.64. The van der Waals surface area contributed by atoms with Crippen LogP contribution in [0.1, 0.15) is 101 Å². The Balaban J connectivity index is 1.54. The van der Waals surface area contributed by atoms with Gasteiger partial charge >= 0.3 is 0 Å². The Morgan fingerprint density at radius 1 is 0.722 bits per heavy atom. The van der Waals surface area contributed by atoms with Crippen molar-refractivity contribution < 1.29 is 4.74 Å². The molecule has 0 amide bonds. The first kappa shape index (κ1) is 28.5. The summed E-state index contributed by atoms with van der Waals surface area (Å²) >= 11 is 0. The summed E-state index contributed by atoms with van der Waals surface area (Å²) in [6.45, 7) is 20.5. The molecule has 2 aliphatic carbocycles. The van der Waals surface area contributed by atoms with Crippen LogP contribution in [0.2, 0.25) is 0 Å². The number of epoxide rings is 1. The Morgan fingerprint density at radius 2 is 1.33 bits per heavy atom. The Morgan fingerprint density at radius 3 is 1.97 bits per heavy atom. The van der Waals surface area contributed by atoms with Crippen LogP contribution in [0.3, 0.4) is 0 Å². The van der Waals surface area contributed by atoms with Gasteiger partial charge in [-0.3, -0.25) is 0 Å². The maximum Gasteiger partial charge on any atom is 0.121 e. The first-order chi connectivity index (χ1) is 16.8. The maximum atomic E-state index is 6.33. The molecule has 36 heavy (non-hydrogen) atoms. The van der Waals surface area contributed by atoms with Crippen LogP contribution in [0, 0.1) is 10.8 Å². The zero-order chi connectivity index (χ0) is 26.6. The van der Waals surface area contributed by atoms with Gasteiger partial charge in [0.1, 0.15) is 5.60 Å². The van der Waals surface area contributed by atoms with E-state index in [-0.39, 0.29) is 16.6 Å². The van der Waals surface area contributed by atoms with Crippen molar-refractivity contribution in [3.63, 3.8) is 0 Å². The van der Waals surface area contributed by atoms with E-state index in [4.69, 9.17) is 4.74 Å². The molecule has 196 valence electrons. The Hall–Kier alpha value is -2.12. The van der Waals surface area contributed by atoms with E-state index in [1.165, 1.54) is 60.8 Å². The van der Waals surface area contributed by atoms with E-state index in [9.17, 15) is 0 Å². The number of rotatable bonds is 8. The van der Waals surface area contributed by atoms with Crippen molar-refractivity contribution in [1.29, 1.82) is 0 Å². The zero-order valence-electron chi connectivity index (χ0n) is 24.5. The minimum Gasteiger partial charge on any atom is -0.358 e. The summed E-state index contributed by atoms with van der Waals surface area (Å²) < 4.78 is 6.33. The molecule has 1 saturated heterocycles. The zero-order valence-corrected chi connectivity index (χ0v) is 24.5. The smallest absolute Gasteiger partial charge is 0.121 e. The molecule has 1 heterocycles. The van der Waals surface area contributed by atoms with E-state index in [0.717, 1.165) is 0 Å². The normalized spacial score (nSPS) is 31.3. The van der Waals surface area contributed by atoms with E-state index in [0.29, 0.717) is 5.41 Å². The highest BCUT2D eigenvalue weighted by molar-refractivity contribution is 5.38. The average Bonchev–Trinajstić information content (AvgIpc) is 3.42. The van der Waals surface area contributed by atoms with Gasteiger partial charge in [0, 0.05) is 5.41 Å². The maximum absolute atomic E-state index is 6.33. The average molecular weight is 487 g/mol. The first-order valence-corrected chi connectivity index (χ1v) is 14.0. The van der Waals surface area contributed by atoms with Gasteiger partial charge in [-0.2, -0.15) is 0 Å². The summed E-state index contributed by atoms with van der Waals surface area (Å²) in [4.78, 5) is 0. The molecule has 1 nitrogen and oxygen atoms in total. The molecule has 3 aliphatic rings. The van der Waals surface area contributed by atoms with Crippen LogP contribution in [0.5, 0.6) is 0 Å². The first-order valence-electron chi connectivity index (χ1n) is 14.0. The second-order valence-electron chi connectivity index (χ2n) is 12.9. The van der Waals surface area contributed by atoms with Crippen LogP contribution >= 0.6 is 0 Å². The van der Waals surface area contributed by atoms with Gasteiger partial charge in [0.05, 0.1) is 5.60 Å². The molecule has 0 unspecified atom stereocenters. The van der Waals surface area contributed by atoms with Gasteiger partial charge in [0.25, 0.3) is 0 Å². The summed E-state index contributed by atoms with van der Waals surface area (Å²) in [5.41, 5.74) is 7.25. The van der Waals surface area contributed by atoms with Crippen LogP contribution < -0.4 is 0 Å². The van der Waals surface area contributed by atoms with E-state index in [1.807, 2.05) is 0 Å². The molecule has 0 bridgehead atoms. The molecule has 0 N–H and O–H groups in total. The minimum atomic E-state index is -0.0957. The summed E-state index contributed by atoms with van der Waals surface area (Å²) in [7, 11) is 0. The molecule has 3 rings (SSSR count). The van der Waals surface area contributed by atoms with Gasteiger partial charge in [0.2, 0.25) is 0 Å². The fourth-order valence-corrected chi connectivity index (χ4v) is 6.32. The highest BCUT2D eigenvalue weighted by Crippen LogP contribution is 2.66. The number of fused-ring (bicyclic) bond motifs is 1. The summed E-state index contributed by atoms with van der Waals surface area (Å²) in [6, 6.07) is 0. The Bertz CT molecular complexity index is 1060.